The highest BCUT2D eigenvalue weighted by molar-refractivity contribution is 5.64. The number of H-pyrrole nitrogens is 1. The number of ether oxygens (including phenoxy) is 1. The number of aromatic nitrogens is 3. The van der Waals surface area contributed by atoms with Gasteiger partial charge < -0.3 is 20.8 Å². The third-order valence-corrected chi connectivity index (χ3v) is 2.76. The van der Waals surface area contributed by atoms with E-state index in [2.05, 4.69) is 27.6 Å². The SMILES string of the molecule is C=CN.COc1ccccc1Nc1cn2ccnc2c(=O)[nH]1. The number of rotatable bonds is 3. The van der Waals surface area contributed by atoms with Gasteiger partial charge in [-0.2, -0.15) is 0 Å². The van der Waals surface area contributed by atoms with Crippen LogP contribution in [0.15, 0.2) is 60.4 Å². The van der Waals surface area contributed by atoms with Crippen molar-refractivity contribution in [2.75, 3.05) is 12.4 Å². The minimum atomic E-state index is -0.245. The summed E-state index contributed by atoms with van der Waals surface area (Å²) in [6.45, 7) is 3.14. The first-order chi connectivity index (χ1) is 10.7. The molecule has 0 fully saturated rings. The summed E-state index contributed by atoms with van der Waals surface area (Å²) in [7, 11) is 1.60. The monoisotopic (exact) mass is 299 g/mol. The highest BCUT2D eigenvalue weighted by Gasteiger charge is 2.05. The summed E-state index contributed by atoms with van der Waals surface area (Å²) in [5.74, 6) is 1.27. The number of imidazole rings is 1. The van der Waals surface area contributed by atoms with Crippen LogP contribution in [0.3, 0.4) is 0 Å². The first-order valence-electron chi connectivity index (χ1n) is 6.48. The zero-order valence-electron chi connectivity index (χ0n) is 12.1. The highest BCUT2D eigenvalue weighted by atomic mass is 16.5. The number of benzene rings is 1. The molecule has 0 spiro atoms. The van der Waals surface area contributed by atoms with Crippen molar-refractivity contribution in [3.8, 4) is 5.75 Å². The fourth-order valence-corrected chi connectivity index (χ4v) is 1.90. The lowest BCUT2D eigenvalue weighted by atomic mass is 10.3. The number of hydrogen-bond acceptors (Lipinski definition) is 5. The van der Waals surface area contributed by atoms with Gasteiger partial charge in [-0.3, -0.25) is 9.20 Å². The quantitative estimate of drug-likeness (QED) is 0.686. The Morgan fingerprint density at radius 1 is 1.45 bits per heavy atom. The summed E-state index contributed by atoms with van der Waals surface area (Å²) in [5, 5.41) is 3.12. The second-order valence-corrected chi connectivity index (χ2v) is 4.22. The van der Waals surface area contributed by atoms with Crippen LogP contribution in [0.4, 0.5) is 11.5 Å². The summed E-state index contributed by atoms with van der Waals surface area (Å²) in [6, 6.07) is 7.48. The minimum Gasteiger partial charge on any atom is -0.495 e. The maximum absolute atomic E-state index is 11.8. The number of hydrogen-bond donors (Lipinski definition) is 3. The van der Waals surface area contributed by atoms with E-state index in [0.29, 0.717) is 17.2 Å². The zero-order chi connectivity index (χ0) is 15.9. The van der Waals surface area contributed by atoms with Crippen LogP contribution in [0.2, 0.25) is 0 Å². The summed E-state index contributed by atoms with van der Waals surface area (Å²) in [6.07, 6.45) is 6.31. The Bertz CT molecular complexity index is 822. The van der Waals surface area contributed by atoms with Gasteiger partial charge >= 0.3 is 0 Å². The van der Waals surface area contributed by atoms with Gasteiger partial charge in [0, 0.05) is 12.4 Å². The molecular weight excluding hydrogens is 282 g/mol. The van der Waals surface area contributed by atoms with Crippen molar-refractivity contribution in [3.63, 3.8) is 0 Å². The van der Waals surface area contributed by atoms with E-state index in [-0.39, 0.29) is 5.56 Å². The van der Waals surface area contributed by atoms with Crippen LogP contribution in [0.5, 0.6) is 5.75 Å². The first kappa shape index (κ1) is 15.2. The largest absolute Gasteiger partial charge is 0.495 e. The number of para-hydroxylation sites is 2. The molecule has 0 atom stereocenters. The molecule has 0 aliphatic heterocycles. The molecule has 3 aromatic rings. The molecule has 0 saturated heterocycles. The van der Waals surface area contributed by atoms with Gasteiger partial charge in [0.05, 0.1) is 19.0 Å². The summed E-state index contributed by atoms with van der Waals surface area (Å²) in [5.41, 5.74) is 5.51. The molecule has 7 nitrogen and oxygen atoms in total. The van der Waals surface area contributed by atoms with E-state index in [1.165, 1.54) is 6.20 Å². The van der Waals surface area contributed by atoms with Gasteiger partial charge in [0.15, 0.2) is 0 Å². The van der Waals surface area contributed by atoms with Gasteiger partial charge in [0.1, 0.15) is 11.6 Å². The van der Waals surface area contributed by atoms with Crippen molar-refractivity contribution in [2.45, 2.75) is 0 Å². The summed E-state index contributed by atoms with van der Waals surface area (Å²) < 4.78 is 6.91. The molecule has 0 amide bonds. The molecule has 0 unspecified atom stereocenters. The van der Waals surface area contributed by atoms with E-state index in [0.717, 1.165) is 5.69 Å². The van der Waals surface area contributed by atoms with Crippen molar-refractivity contribution < 1.29 is 4.74 Å². The molecule has 0 bridgehead atoms. The van der Waals surface area contributed by atoms with Crippen LogP contribution in [0.25, 0.3) is 5.65 Å². The molecule has 0 aliphatic carbocycles. The number of nitrogens with one attached hydrogen (secondary N) is 2. The van der Waals surface area contributed by atoms with Crippen molar-refractivity contribution in [3.05, 3.63) is 66.0 Å². The van der Waals surface area contributed by atoms with Crippen LogP contribution >= 0.6 is 0 Å². The van der Waals surface area contributed by atoms with Gasteiger partial charge in [-0.05, 0) is 18.3 Å². The Labute approximate surface area is 127 Å². The van der Waals surface area contributed by atoms with Gasteiger partial charge in [-0.25, -0.2) is 4.98 Å². The predicted molar refractivity (Wildman–Crippen MR) is 86.5 cm³/mol. The van der Waals surface area contributed by atoms with Crippen LogP contribution in [0, 0.1) is 0 Å². The van der Waals surface area contributed by atoms with Gasteiger partial charge in [-0.1, -0.05) is 18.7 Å². The Hall–Kier alpha value is -3.22. The second kappa shape index (κ2) is 6.98. The maximum Gasteiger partial charge on any atom is 0.293 e. The average molecular weight is 299 g/mol. The fourth-order valence-electron chi connectivity index (χ4n) is 1.90. The molecule has 4 N–H and O–H groups in total. The Kier molecular flexibility index (Phi) is 4.81. The fraction of sp³-hybridized carbons (Fsp3) is 0.0667. The number of methoxy groups -OCH3 is 1. The molecule has 22 heavy (non-hydrogen) atoms. The third-order valence-electron chi connectivity index (χ3n) is 2.76. The topological polar surface area (TPSA) is 97.4 Å². The highest BCUT2D eigenvalue weighted by Crippen LogP contribution is 2.25. The van der Waals surface area contributed by atoms with Gasteiger partial charge in [0.25, 0.3) is 5.56 Å². The predicted octanol–water partition coefficient (Wildman–Crippen LogP) is 1.86. The summed E-state index contributed by atoms with van der Waals surface area (Å²) in [4.78, 5) is 18.5. The molecule has 7 heteroatoms. The standard InChI is InChI=1S/C13H12N4O2.C2H5N/c1-19-10-5-3-2-4-9(10)15-11-8-17-7-6-14-12(17)13(18)16-11;1-2-3/h2-8,15H,1H3,(H,16,18);2H,1,3H2. The van der Waals surface area contributed by atoms with Crippen LogP contribution < -0.4 is 21.3 Å². The maximum atomic E-state index is 11.8. The van der Waals surface area contributed by atoms with Gasteiger partial charge in [-0.15, -0.1) is 0 Å². The number of fused-ring (bicyclic) bond motifs is 1. The van der Waals surface area contributed by atoms with E-state index < -0.39 is 0 Å². The van der Waals surface area contributed by atoms with Crippen molar-refractivity contribution >= 4 is 17.2 Å². The van der Waals surface area contributed by atoms with E-state index in [9.17, 15) is 4.79 Å². The lowest BCUT2D eigenvalue weighted by molar-refractivity contribution is 0.417. The molecule has 0 radical (unpaired) electrons. The van der Waals surface area contributed by atoms with E-state index in [4.69, 9.17) is 4.74 Å². The van der Waals surface area contributed by atoms with Crippen LogP contribution in [-0.2, 0) is 0 Å². The molecule has 2 aromatic heterocycles. The van der Waals surface area contributed by atoms with E-state index >= 15 is 0 Å². The smallest absolute Gasteiger partial charge is 0.293 e. The molecule has 3 rings (SSSR count). The Morgan fingerprint density at radius 2 is 2.18 bits per heavy atom. The molecule has 114 valence electrons. The van der Waals surface area contributed by atoms with Crippen molar-refractivity contribution in [1.29, 1.82) is 0 Å². The average Bonchev–Trinajstić information content (AvgIpc) is 2.97. The molecule has 2 heterocycles. The second-order valence-electron chi connectivity index (χ2n) is 4.22. The lowest BCUT2D eigenvalue weighted by Gasteiger charge is -2.10. The lowest BCUT2D eigenvalue weighted by Crippen LogP contribution is -2.12. The first-order valence-corrected chi connectivity index (χ1v) is 6.48. The van der Waals surface area contributed by atoms with Crippen LogP contribution in [0.1, 0.15) is 0 Å². The molecule has 0 saturated carbocycles. The number of aromatic amines is 1. The number of nitrogens with two attached hydrogens (primary N) is 1. The number of anilines is 2. The van der Waals surface area contributed by atoms with Crippen molar-refractivity contribution in [1.82, 2.24) is 14.4 Å². The molecular formula is C15H17N5O2. The zero-order valence-corrected chi connectivity index (χ0v) is 12.1. The van der Waals surface area contributed by atoms with E-state index in [1.54, 1.807) is 30.1 Å². The van der Waals surface area contributed by atoms with Gasteiger partial charge in [0.2, 0.25) is 5.65 Å². The Balaban J connectivity index is 0.000000545. The summed E-state index contributed by atoms with van der Waals surface area (Å²) >= 11 is 0. The Morgan fingerprint density at radius 3 is 2.91 bits per heavy atom. The van der Waals surface area contributed by atoms with Crippen LogP contribution in [-0.4, -0.2) is 21.5 Å². The number of nitrogens with zero attached hydrogens (tertiary/aromatic N) is 2. The third kappa shape index (κ3) is 3.26. The molecule has 0 aliphatic rings. The normalized spacial score (nSPS) is 9.68. The van der Waals surface area contributed by atoms with Crippen molar-refractivity contribution in [2.24, 2.45) is 5.73 Å². The van der Waals surface area contributed by atoms with E-state index in [1.807, 2.05) is 24.3 Å². The minimum absolute atomic E-state index is 0.245. The molecule has 1 aromatic carbocycles.